The van der Waals surface area contributed by atoms with E-state index < -0.39 is 10.0 Å². The lowest BCUT2D eigenvalue weighted by atomic mass is 9.94. The third kappa shape index (κ3) is 4.22. The molecular weight excluding hydrogens is 408 g/mol. The number of benzene rings is 1. The molecule has 9 heteroatoms. The second-order valence-corrected chi connectivity index (χ2v) is 10.6. The molecule has 1 aromatic carbocycles. The predicted molar refractivity (Wildman–Crippen MR) is 112 cm³/mol. The Kier molecular flexibility index (Phi) is 5.46. The average molecular weight is 433 g/mol. The molecule has 3 aromatic rings. The Hall–Kier alpha value is -2.23. The van der Waals surface area contributed by atoms with Gasteiger partial charge in [0.2, 0.25) is 10.0 Å². The number of thiazole rings is 1. The summed E-state index contributed by atoms with van der Waals surface area (Å²) >= 11 is 1.52. The molecule has 154 valence electrons. The zero-order valence-electron chi connectivity index (χ0n) is 16.4. The number of nitrogens with one attached hydrogen (secondary N) is 1. The number of fused-ring (bicyclic) bond motifs is 1. The van der Waals surface area contributed by atoms with Crippen molar-refractivity contribution < 1.29 is 13.2 Å². The molecule has 29 heavy (non-hydrogen) atoms. The van der Waals surface area contributed by atoms with Crippen molar-refractivity contribution >= 4 is 32.2 Å². The second kappa shape index (κ2) is 7.89. The van der Waals surface area contributed by atoms with Gasteiger partial charge in [0, 0.05) is 36.4 Å². The molecule has 1 amide bonds. The zero-order valence-corrected chi connectivity index (χ0v) is 18.0. The molecule has 1 fully saturated rings. The van der Waals surface area contributed by atoms with Crippen LogP contribution in [0.4, 0.5) is 0 Å². The van der Waals surface area contributed by atoms with Crippen LogP contribution in [0.1, 0.15) is 36.3 Å². The molecule has 0 saturated carbocycles. The quantitative estimate of drug-likeness (QED) is 0.672. The van der Waals surface area contributed by atoms with E-state index in [2.05, 4.69) is 24.1 Å². The topological polar surface area (TPSA) is 83.8 Å². The van der Waals surface area contributed by atoms with Crippen molar-refractivity contribution in [1.29, 1.82) is 0 Å². The average Bonchev–Trinajstić information content (AvgIpc) is 3.27. The van der Waals surface area contributed by atoms with Crippen LogP contribution in [0, 0.1) is 11.8 Å². The Morgan fingerprint density at radius 3 is 2.76 bits per heavy atom. The Morgan fingerprint density at radius 2 is 2.03 bits per heavy atom. The van der Waals surface area contributed by atoms with Crippen LogP contribution in [0.2, 0.25) is 0 Å². The van der Waals surface area contributed by atoms with Gasteiger partial charge in [-0.3, -0.25) is 9.20 Å². The lowest BCUT2D eigenvalue weighted by molar-refractivity contribution is 0.0950. The Labute approximate surface area is 174 Å². The summed E-state index contributed by atoms with van der Waals surface area (Å²) in [4.78, 5) is 18.0. The van der Waals surface area contributed by atoms with E-state index in [0.717, 1.165) is 17.1 Å². The molecule has 2 aromatic heterocycles. The summed E-state index contributed by atoms with van der Waals surface area (Å²) in [6.45, 7) is 5.46. The molecule has 0 spiro atoms. The minimum atomic E-state index is -3.62. The van der Waals surface area contributed by atoms with Gasteiger partial charge in [0.1, 0.15) is 0 Å². The van der Waals surface area contributed by atoms with Crippen molar-refractivity contribution in [3.63, 3.8) is 0 Å². The maximum Gasteiger partial charge on any atom is 0.251 e. The maximum absolute atomic E-state index is 13.1. The summed E-state index contributed by atoms with van der Waals surface area (Å²) < 4.78 is 29.6. The van der Waals surface area contributed by atoms with Crippen molar-refractivity contribution in [3.05, 3.63) is 53.3 Å². The molecule has 1 aliphatic heterocycles. The van der Waals surface area contributed by atoms with Gasteiger partial charge in [-0.2, -0.15) is 4.31 Å². The summed E-state index contributed by atoms with van der Waals surface area (Å²) in [7, 11) is -3.62. The van der Waals surface area contributed by atoms with Gasteiger partial charge in [-0.05, 0) is 36.5 Å². The number of imidazole rings is 1. The van der Waals surface area contributed by atoms with E-state index in [-0.39, 0.29) is 17.3 Å². The van der Waals surface area contributed by atoms with Crippen molar-refractivity contribution in [2.24, 2.45) is 11.8 Å². The Bertz CT molecular complexity index is 1100. The largest absolute Gasteiger partial charge is 0.346 e. The first kappa shape index (κ1) is 20.1. The molecular formula is C20H24N4O3S2. The fourth-order valence-electron chi connectivity index (χ4n) is 3.88. The van der Waals surface area contributed by atoms with Gasteiger partial charge >= 0.3 is 0 Å². The molecule has 0 bridgehead atoms. The van der Waals surface area contributed by atoms with Gasteiger partial charge in [-0.25, -0.2) is 13.4 Å². The highest BCUT2D eigenvalue weighted by molar-refractivity contribution is 7.89. The van der Waals surface area contributed by atoms with Crippen LogP contribution in [0.3, 0.4) is 0 Å². The van der Waals surface area contributed by atoms with Crippen molar-refractivity contribution in [3.8, 4) is 0 Å². The number of nitrogens with zero attached hydrogens (tertiary/aromatic N) is 3. The number of hydrogen-bond acceptors (Lipinski definition) is 5. The van der Waals surface area contributed by atoms with E-state index in [9.17, 15) is 13.2 Å². The zero-order chi connectivity index (χ0) is 20.6. The van der Waals surface area contributed by atoms with Crippen LogP contribution in [-0.4, -0.2) is 41.1 Å². The molecule has 7 nitrogen and oxygen atoms in total. The number of hydrogen-bond donors (Lipinski definition) is 1. The molecule has 1 aliphatic rings. The second-order valence-electron chi connectivity index (χ2n) is 7.80. The predicted octanol–water partition coefficient (Wildman–Crippen LogP) is 2.99. The molecule has 1 saturated heterocycles. The summed E-state index contributed by atoms with van der Waals surface area (Å²) in [5.41, 5.74) is 1.08. The van der Waals surface area contributed by atoms with Crippen molar-refractivity contribution in [2.75, 3.05) is 13.1 Å². The van der Waals surface area contributed by atoms with Crippen LogP contribution in [0.15, 0.2) is 46.9 Å². The molecule has 0 aliphatic carbocycles. The number of piperidine rings is 1. The fourth-order valence-corrected chi connectivity index (χ4v) is 6.33. The van der Waals surface area contributed by atoms with Crippen molar-refractivity contribution in [1.82, 2.24) is 19.0 Å². The van der Waals surface area contributed by atoms with E-state index in [1.54, 1.807) is 22.5 Å². The van der Waals surface area contributed by atoms with E-state index in [4.69, 9.17) is 0 Å². The monoisotopic (exact) mass is 432 g/mol. The first-order valence-corrected chi connectivity index (χ1v) is 11.9. The number of aromatic nitrogens is 2. The lowest BCUT2D eigenvalue weighted by Crippen LogP contribution is -2.42. The highest BCUT2D eigenvalue weighted by atomic mass is 32.2. The summed E-state index contributed by atoms with van der Waals surface area (Å²) in [5, 5.41) is 4.76. The smallest absolute Gasteiger partial charge is 0.251 e. The molecule has 2 unspecified atom stereocenters. The van der Waals surface area contributed by atoms with E-state index in [1.165, 1.54) is 17.4 Å². The van der Waals surface area contributed by atoms with Crippen LogP contribution >= 0.6 is 11.3 Å². The number of sulfonamides is 1. The van der Waals surface area contributed by atoms with Gasteiger partial charge < -0.3 is 5.32 Å². The van der Waals surface area contributed by atoms with Crippen LogP contribution < -0.4 is 5.32 Å². The number of amides is 1. The highest BCUT2D eigenvalue weighted by Crippen LogP contribution is 2.27. The van der Waals surface area contributed by atoms with E-state index in [1.807, 2.05) is 22.2 Å². The lowest BCUT2D eigenvalue weighted by Gasteiger charge is -2.34. The number of carbonyl (C=O) groups excluding carboxylic acids is 1. The molecule has 2 atom stereocenters. The SMILES string of the molecule is CC1CC(C)CN(S(=O)(=O)c2cccc(C(=O)NCc3cn4ccsc4n3)c2)C1. The third-order valence-electron chi connectivity index (χ3n) is 5.14. The molecule has 4 rings (SSSR count). The van der Waals surface area contributed by atoms with Crippen LogP contribution in [0.25, 0.3) is 4.96 Å². The van der Waals surface area contributed by atoms with E-state index >= 15 is 0 Å². The van der Waals surface area contributed by atoms with Gasteiger partial charge in [0.15, 0.2) is 4.96 Å². The maximum atomic E-state index is 13.1. The summed E-state index contributed by atoms with van der Waals surface area (Å²) in [6.07, 6.45) is 4.81. The van der Waals surface area contributed by atoms with Gasteiger partial charge in [-0.15, -0.1) is 11.3 Å². The standard InChI is InChI=1S/C20H24N4O3S2/c1-14-8-15(2)12-24(11-14)29(26,27)18-5-3-4-16(9-18)19(25)21-10-17-13-23-6-7-28-20(23)22-17/h3-7,9,13-15H,8,10-12H2,1-2H3,(H,21,25). The summed E-state index contributed by atoms with van der Waals surface area (Å²) in [6, 6.07) is 6.26. The minimum Gasteiger partial charge on any atom is -0.346 e. The van der Waals surface area contributed by atoms with Gasteiger partial charge in [0.25, 0.3) is 5.91 Å². The normalized spacial score (nSPS) is 20.8. The van der Waals surface area contributed by atoms with Gasteiger partial charge in [0.05, 0.1) is 17.1 Å². The highest BCUT2D eigenvalue weighted by Gasteiger charge is 2.31. The number of carbonyl (C=O) groups is 1. The molecule has 3 heterocycles. The van der Waals surface area contributed by atoms with E-state index in [0.29, 0.717) is 30.5 Å². The van der Waals surface area contributed by atoms with Crippen LogP contribution in [0.5, 0.6) is 0 Å². The van der Waals surface area contributed by atoms with Gasteiger partial charge in [-0.1, -0.05) is 19.9 Å². The first-order chi connectivity index (χ1) is 13.8. The molecule has 1 N–H and O–H groups in total. The Morgan fingerprint density at radius 1 is 1.28 bits per heavy atom. The Balaban J connectivity index is 1.48. The number of rotatable bonds is 5. The minimum absolute atomic E-state index is 0.161. The third-order valence-corrected chi connectivity index (χ3v) is 7.74. The van der Waals surface area contributed by atoms with Crippen LogP contribution in [-0.2, 0) is 16.6 Å². The fraction of sp³-hybridized carbons (Fsp3) is 0.400. The van der Waals surface area contributed by atoms with Crippen molar-refractivity contribution in [2.45, 2.75) is 31.7 Å². The molecule has 0 radical (unpaired) electrons. The first-order valence-electron chi connectivity index (χ1n) is 9.62. The summed E-state index contributed by atoms with van der Waals surface area (Å²) in [5.74, 6) is 0.327.